The number of fused-ring (bicyclic) bond motifs is 8. The summed E-state index contributed by atoms with van der Waals surface area (Å²) in [6, 6.07) is 126. The van der Waals surface area contributed by atoms with Crippen molar-refractivity contribution in [3.8, 4) is 78.1 Å². The number of hydrogen-bond donors (Lipinski definition) is 0. The molecule has 2 nitrogen and oxygen atoms in total. The molecule has 0 atom stereocenters. The lowest BCUT2D eigenvalue weighted by Crippen LogP contribution is -1.99. The molecule has 0 unspecified atom stereocenters. The lowest BCUT2D eigenvalue weighted by Gasteiger charge is -2.17. The third-order valence-electron chi connectivity index (χ3n) is 17.3. The van der Waals surface area contributed by atoms with Crippen LogP contribution < -0.4 is 0 Å². The number of nitrogens with zero attached hydrogens (tertiary/aromatic N) is 2. The van der Waals surface area contributed by atoms with Crippen LogP contribution in [0.1, 0.15) is 0 Å². The van der Waals surface area contributed by atoms with E-state index in [9.17, 15) is 0 Å². The maximum absolute atomic E-state index is 2.54. The first kappa shape index (κ1) is 50.4. The molecule has 14 aromatic carbocycles. The second kappa shape index (κ2) is 21.5. The lowest BCUT2D eigenvalue weighted by atomic mass is 9.92. The van der Waals surface area contributed by atoms with Crippen molar-refractivity contribution < 1.29 is 0 Å². The smallest absolute Gasteiger partial charge is 0.0540 e. The Balaban J connectivity index is 1.22. The highest BCUT2D eigenvalue weighted by Gasteiger charge is 2.20. The molecule has 0 radical (unpaired) electrons. The highest BCUT2D eigenvalue weighted by Crippen LogP contribution is 2.45. The van der Waals surface area contributed by atoms with Crippen LogP contribution in [-0.4, -0.2) is 9.13 Å². The Kier molecular flexibility index (Phi) is 12.6. The van der Waals surface area contributed by atoms with Gasteiger partial charge < -0.3 is 9.13 Å². The first-order valence-electron chi connectivity index (χ1n) is 29.6. The van der Waals surface area contributed by atoms with Gasteiger partial charge in [0.05, 0.1) is 22.1 Å². The van der Waals surface area contributed by atoms with Gasteiger partial charge in [0.1, 0.15) is 0 Å². The number of rotatable bonds is 8. The van der Waals surface area contributed by atoms with E-state index >= 15 is 0 Å². The predicted octanol–water partition coefficient (Wildman–Crippen LogP) is 23.0. The first-order valence-corrected chi connectivity index (χ1v) is 29.6. The Bertz CT molecular complexity index is 4770. The SMILES string of the molecule is c1ccc(-c2cccc(-n3c4ccc(-c5ccccc5)cc4c4cccc5c6cc(-c7ccccc7)ccc6n(-c6cccc(-c7ccccc7)c6)c6ccc(-c7ccccc7)cc6c6cccc(c7cc(-c8ccccc8)ccc73)c6c45)c2)cc1. The number of hydrogen-bond acceptors (Lipinski definition) is 0. The van der Waals surface area contributed by atoms with E-state index in [1.807, 2.05) is 0 Å². The molecule has 0 N–H and O–H groups in total. The van der Waals surface area contributed by atoms with Gasteiger partial charge >= 0.3 is 0 Å². The summed E-state index contributed by atoms with van der Waals surface area (Å²) in [7, 11) is 0. The summed E-state index contributed by atoms with van der Waals surface area (Å²) in [5.74, 6) is 0. The van der Waals surface area contributed by atoms with Crippen molar-refractivity contribution in [2.24, 2.45) is 0 Å². The largest absolute Gasteiger partial charge is 0.309 e. The van der Waals surface area contributed by atoms with Gasteiger partial charge in [0.15, 0.2) is 0 Å². The third-order valence-corrected chi connectivity index (χ3v) is 17.3. The van der Waals surface area contributed by atoms with Gasteiger partial charge in [-0.05, 0) is 172 Å². The van der Waals surface area contributed by atoms with Crippen LogP contribution >= 0.6 is 0 Å². The number of aromatic nitrogens is 2. The molecule has 16 rings (SSSR count). The maximum Gasteiger partial charge on any atom is 0.0540 e. The second-order valence-corrected chi connectivity index (χ2v) is 22.4. The average Bonchev–Trinajstić information content (AvgIpc) is 2.12. The van der Waals surface area contributed by atoms with Gasteiger partial charge in [-0.15, -0.1) is 0 Å². The molecular weight excluding hydrogens is 1040 g/mol. The monoisotopic (exact) mass is 1090 g/mol. The van der Waals surface area contributed by atoms with E-state index in [2.05, 4.69) is 349 Å². The minimum Gasteiger partial charge on any atom is -0.309 e. The van der Waals surface area contributed by atoms with Crippen LogP contribution in [0.25, 0.3) is 154 Å². The van der Waals surface area contributed by atoms with E-state index in [1.165, 1.54) is 21.9 Å². The van der Waals surface area contributed by atoms with Crippen LogP contribution in [-0.2, 0) is 0 Å². The molecular formula is C84H56N2. The molecule has 2 heteroatoms. The van der Waals surface area contributed by atoms with Crippen molar-refractivity contribution in [1.82, 2.24) is 9.13 Å². The normalized spacial score (nSPS) is 11.5. The third kappa shape index (κ3) is 8.91. The van der Waals surface area contributed by atoms with Crippen LogP contribution in [0.3, 0.4) is 0 Å². The zero-order valence-corrected chi connectivity index (χ0v) is 47.2. The molecule has 86 heavy (non-hydrogen) atoms. The Morgan fingerprint density at radius 2 is 0.349 bits per heavy atom. The van der Waals surface area contributed by atoms with Crippen LogP contribution in [0.15, 0.2) is 340 Å². The summed E-state index contributed by atoms with van der Waals surface area (Å²) in [6.07, 6.45) is 0. The van der Waals surface area contributed by atoms with Crippen molar-refractivity contribution in [3.05, 3.63) is 340 Å². The quantitative estimate of drug-likeness (QED) is 0.144. The summed E-state index contributed by atoms with van der Waals surface area (Å²) in [6.45, 7) is 0. The van der Waals surface area contributed by atoms with E-state index in [0.717, 1.165) is 132 Å². The molecule has 16 aromatic rings. The van der Waals surface area contributed by atoms with Gasteiger partial charge in [-0.2, -0.15) is 0 Å². The summed E-state index contributed by atoms with van der Waals surface area (Å²) in [5, 5.41) is 11.4. The molecule has 0 saturated heterocycles. The molecule has 402 valence electrons. The van der Waals surface area contributed by atoms with Crippen LogP contribution in [0.4, 0.5) is 0 Å². The molecule has 2 aromatic heterocycles. The molecule has 0 aliphatic carbocycles. The van der Waals surface area contributed by atoms with Gasteiger partial charge in [-0.1, -0.05) is 267 Å². The Hall–Kier alpha value is -11.3. The molecule has 0 aliphatic heterocycles. The van der Waals surface area contributed by atoms with Crippen molar-refractivity contribution in [1.29, 1.82) is 0 Å². The number of benzene rings is 14. The van der Waals surface area contributed by atoms with Gasteiger partial charge in [-0.3, -0.25) is 0 Å². The highest BCUT2D eigenvalue weighted by atomic mass is 15.0. The summed E-state index contributed by atoms with van der Waals surface area (Å²) < 4.78 is 5.07. The zero-order valence-electron chi connectivity index (χ0n) is 47.2. The Morgan fingerprint density at radius 3 is 0.593 bits per heavy atom. The van der Waals surface area contributed by atoms with Crippen molar-refractivity contribution in [3.63, 3.8) is 0 Å². The molecule has 0 aliphatic rings. The molecule has 0 bridgehead atoms. The van der Waals surface area contributed by atoms with Gasteiger partial charge in [0.25, 0.3) is 0 Å². The fourth-order valence-electron chi connectivity index (χ4n) is 13.3. The first-order chi connectivity index (χ1) is 42.7. The fraction of sp³-hybridized carbons (Fsp3) is 0. The summed E-state index contributed by atoms with van der Waals surface area (Å²) in [4.78, 5) is 0. The van der Waals surface area contributed by atoms with E-state index in [4.69, 9.17) is 0 Å². The predicted molar refractivity (Wildman–Crippen MR) is 367 cm³/mol. The Labute approximate surface area is 500 Å². The van der Waals surface area contributed by atoms with Gasteiger partial charge in [-0.25, -0.2) is 0 Å². The van der Waals surface area contributed by atoms with Crippen LogP contribution in [0, 0.1) is 0 Å². The van der Waals surface area contributed by atoms with Gasteiger partial charge in [0.2, 0.25) is 0 Å². The standard InChI is InChI=1S/C84H56N2/c1-7-23-57(24-8-1)63-35-19-37-69(51-63)85-79-47-43-65(59-27-11-3-12-28-59)53-75(79)71-39-21-41-73-77-55-67(61-31-15-5-16-32-61)45-49-81(77)86(70-38-20-36-64(52-70)58-25-9-2-10-26-58)82-50-46-68(62-33-17-6-18-34-62)56-78(82)74-42-22-40-72(84(74)83(71)73)76-54-66(44-48-80(76)85)60-29-13-4-14-30-60/h1-56H. The molecule has 2 heterocycles. The van der Waals surface area contributed by atoms with E-state index < -0.39 is 0 Å². The van der Waals surface area contributed by atoms with Crippen LogP contribution in [0.5, 0.6) is 0 Å². The second-order valence-electron chi connectivity index (χ2n) is 22.4. The zero-order chi connectivity index (χ0) is 56.9. The maximum atomic E-state index is 2.54. The van der Waals surface area contributed by atoms with E-state index in [1.54, 1.807) is 0 Å². The summed E-state index contributed by atoms with van der Waals surface area (Å²) in [5.41, 5.74) is 20.3. The molecule has 0 spiro atoms. The summed E-state index contributed by atoms with van der Waals surface area (Å²) >= 11 is 0. The topological polar surface area (TPSA) is 9.86 Å². The van der Waals surface area contributed by atoms with Crippen molar-refractivity contribution in [2.75, 3.05) is 0 Å². The van der Waals surface area contributed by atoms with Crippen LogP contribution in [0.2, 0.25) is 0 Å². The lowest BCUT2D eigenvalue weighted by molar-refractivity contribution is 1.17. The fourth-order valence-corrected chi connectivity index (χ4v) is 13.3. The molecule has 0 amide bonds. The molecule has 0 fully saturated rings. The van der Waals surface area contributed by atoms with E-state index in [-0.39, 0.29) is 0 Å². The minimum atomic E-state index is 1.07. The van der Waals surface area contributed by atoms with E-state index in [0.29, 0.717) is 0 Å². The van der Waals surface area contributed by atoms with Gasteiger partial charge in [0, 0.05) is 32.9 Å². The highest BCUT2D eigenvalue weighted by molar-refractivity contribution is 6.34. The minimum absolute atomic E-state index is 1.07. The van der Waals surface area contributed by atoms with Crippen molar-refractivity contribution in [2.45, 2.75) is 0 Å². The average molecular weight is 1090 g/mol. The molecule has 0 saturated carbocycles. The Morgan fingerprint density at radius 1 is 0.140 bits per heavy atom. The van der Waals surface area contributed by atoms with Crippen molar-refractivity contribution >= 4 is 75.9 Å².